The molecule has 27 heavy (non-hydrogen) atoms. The number of morpholine rings is 1. The van der Waals surface area contributed by atoms with Crippen molar-refractivity contribution < 1.29 is 9.53 Å². The van der Waals surface area contributed by atoms with E-state index in [4.69, 9.17) is 4.74 Å². The average Bonchev–Trinajstić information content (AvgIpc) is 3.31. The lowest BCUT2D eigenvalue weighted by atomic mass is 10.2. The van der Waals surface area contributed by atoms with Crippen LogP contribution in [-0.2, 0) is 16.0 Å². The van der Waals surface area contributed by atoms with E-state index in [1.54, 1.807) is 4.52 Å². The molecule has 1 saturated heterocycles. The van der Waals surface area contributed by atoms with Crippen molar-refractivity contribution >= 4 is 23.1 Å². The van der Waals surface area contributed by atoms with Gasteiger partial charge in [-0.1, -0.05) is 18.2 Å². The Morgan fingerprint density at radius 1 is 1.15 bits per heavy atom. The van der Waals surface area contributed by atoms with Gasteiger partial charge in [0, 0.05) is 18.8 Å². The predicted molar refractivity (Wildman–Crippen MR) is 100.0 cm³/mol. The average molecular weight is 364 g/mol. The summed E-state index contributed by atoms with van der Waals surface area (Å²) in [5.41, 5.74) is 2.93. The molecule has 1 atom stereocenters. The lowest BCUT2D eigenvalue weighted by Gasteiger charge is -2.34. The van der Waals surface area contributed by atoms with Crippen molar-refractivity contribution in [2.45, 2.75) is 19.4 Å². The normalized spacial score (nSPS) is 19.5. The van der Waals surface area contributed by atoms with Gasteiger partial charge in [0.05, 0.1) is 13.2 Å². The van der Waals surface area contributed by atoms with E-state index in [-0.39, 0.29) is 5.91 Å². The first-order valence-corrected chi connectivity index (χ1v) is 9.15. The van der Waals surface area contributed by atoms with Gasteiger partial charge in [0.1, 0.15) is 5.82 Å². The minimum Gasteiger partial charge on any atom is -0.365 e. The molecule has 8 nitrogen and oxygen atoms in total. The molecular formula is C19H20N6O2. The summed E-state index contributed by atoms with van der Waals surface area (Å²) in [5.74, 6) is 1.56. The SMILES string of the molecule is Cc1nnc2ccc(N3CCOC(C(=O)N4CCc5ccccc54)C3)nn12. The van der Waals surface area contributed by atoms with E-state index < -0.39 is 6.10 Å². The highest BCUT2D eigenvalue weighted by Gasteiger charge is 2.34. The lowest BCUT2D eigenvalue weighted by molar-refractivity contribution is -0.130. The fourth-order valence-corrected chi connectivity index (χ4v) is 3.80. The second-order valence-electron chi connectivity index (χ2n) is 6.88. The molecule has 138 valence electrons. The molecule has 1 aromatic carbocycles. The van der Waals surface area contributed by atoms with Crippen LogP contribution >= 0.6 is 0 Å². The number of nitrogens with zero attached hydrogens (tertiary/aromatic N) is 6. The third kappa shape index (κ3) is 2.73. The summed E-state index contributed by atoms with van der Waals surface area (Å²) < 4.78 is 7.54. The number of aryl methyl sites for hydroxylation is 1. The number of carbonyl (C=O) groups excluding carboxylic acids is 1. The maximum atomic E-state index is 13.1. The van der Waals surface area contributed by atoms with E-state index >= 15 is 0 Å². The summed E-state index contributed by atoms with van der Waals surface area (Å²) >= 11 is 0. The van der Waals surface area contributed by atoms with E-state index in [1.807, 2.05) is 42.2 Å². The third-order valence-corrected chi connectivity index (χ3v) is 5.22. The quantitative estimate of drug-likeness (QED) is 0.681. The number of benzene rings is 1. The Balaban J connectivity index is 1.37. The van der Waals surface area contributed by atoms with Crippen molar-refractivity contribution in [2.75, 3.05) is 36.0 Å². The van der Waals surface area contributed by atoms with Crippen LogP contribution in [0.1, 0.15) is 11.4 Å². The molecule has 0 aliphatic carbocycles. The molecule has 0 bridgehead atoms. The maximum Gasteiger partial charge on any atom is 0.257 e. The lowest BCUT2D eigenvalue weighted by Crippen LogP contribution is -2.51. The highest BCUT2D eigenvalue weighted by Crippen LogP contribution is 2.29. The van der Waals surface area contributed by atoms with Gasteiger partial charge in [-0.2, -0.15) is 4.52 Å². The minimum absolute atomic E-state index is 0.0196. The molecule has 3 aromatic rings. The van der Waals surface area contributed by atoms with Gasteiger partial charge < -0.3 is 14.5 Å². The van der Waals surface area contributed by atoms with E-state index in [9.17, 15) is 4.79 Å². The van der Waals surface area contributed by atoms with Gasteiger partial charge in [-0.3, -0.25) is 4.79 Å². The molecule has 5 rings (SSSR count). The Hall–Kier alpha value is -3.00. The molecule has 1 amide bonds. The number of fused-ring (bicyclic) bond motifs is 2. The summed E-state index contributed by atoms with van der Waals surface area (Å²) in [6.45, 7) is 4.25. The Labute approximate surface area is 156 Å². The number of rotatable bonds is 2. The smallest absolute Gasteiger partial charge is 0.257 e. The van der Waals surface area contributed by atoms with Crippen molar-refractivity contribution in [3.05, 3.63) is 47.8 Å². The maximum absolute atomic E-state index is 13.1. The van der Waals surface area contributed by atoms with E-state index in [2.05, 4.69) is 26.3 Å². The standard InChI is InChI=1S/C19H20N6O2/c1-13-20-21-17-6-7-18(22-25(13)17)23-10-11-27-16(12-23)19(26)24-9-8-14-4-2-3-5-15(14)24/h2-7,16H,8-12H2,1H3. The van der Waals surface area contributed by atoms with Gasteiger partial charge in [-0.25, -0.2) is 0 Å². The molecular weight excluding hydrogens is 344 g/mol. The van der Waals surface area contributed by atoms with Crippen LogP contribution in [0.15, 0.2) is 36.4 Å². The summed E-state index contributed by atoms with van der Waals surface area (Å²) in [7, 11) is 0. The molecule has 0 saturated carbocycles. The van der Waals surface area contributed by atoms with Crippen molar-refractivity contribution in [3.63, 3.8) is 0 Å². The van der Waals surface area contributed by atoms with Crippen LogP contribution in [0.3, 0.4) is 0 Å². The topological polar surface area (TPSA) is 75.9 Å². The zero-order valence-corrected chi connectivity index (χ0v) is 15.1. The Bertz CT molecular complexity index is 1020. The molecule has 8 heteroatoms. The van der Waals surface area contributed by atoms with Crippen molar-refractivity contribution in [3.8, 4) is 0 Å². The molecule has 0 spiro atoms. The molecule has 4 heterocycles. The second-order valence-corrected chi connectivity index (χ2v) is 6.88. The number of aromatic nitrogens is 4. The van der Waals surface area contributed by atoms with Crippen molar-refractivity contribution in [2.24, 2.45) is 0 Å². The van der Waals surface area contributed by atoms with Crippen molar-refractivity contribution in [1.82, 2.24) is 19.8 Å². The van der Waals surface area contributed by atoms with Crippen LogP contribution in [0.4, 0.5) is 11.5 Å². The zero-order valence-electron chi connectivity index (χ0n) is 15.1. The van der Waals surface area contributed by atoms with Crippen LogP contribution in [0, 0.1) is 6.92 Å². The first kappa shape index (κ1) is 16.2. The summed E-state index contributed by atoms with van der Waals surface area (Å²) in [5, 5.41) is 12.7. The van der Waals surface area contributed by atoms with Crippen LogP contribution in [0.5, 0.6) is 0 Å². The first-order chi connectivity index (χ1) is 13.2. The summed E-state index contributed by atoms with van der Waals surface area (Å²) in [4.78, 5) is 17.0. The van der Waals surface area contributed by atoms with Gasteiger partial charge in [0.2, 0.25) is 0 Å². The number of hydrogen-bond donors (Lipinski definition) is 0. The van der Waals surface area contributed by atoms with Crippen LogP contribution < -0.4 is 9.80 Å². The van der Waals surface area contributed by atoms with Crippen LogP contribution in [0.2, 0.25) is 0 Å². The number of ether oxygens (including phenoxy) is 1. The third-order valence-electron chi connectivity index (χ3n) is 5.22. The van der Waals surface area contributed by atoms with Crippen molar-refractivity contribution in [1.29, 1.82) is 0 Å². The van der Waals surface area contributed by atoms with Crippen LogP contribution in [0.25, 0.3) is 5.65 Å². The number of carbonyl (C=O) groups is 1. The second kappa shape index (κ2) is 6.31. The number of anilines is 2. The molecule has 1 unspecified atom stereocenters. The van der Waals surface area contributed by atoms with Crippen LogP contribution in [-0.4, -0.2) is 58.1 Å². The summed E-state index contributed by atoms with van der Waals surface area (Å²) in [6.07, 6.45) is 0.396. The highest BCUT2D eigenvalue weighted by molar-refractivity contribution is 5.98. The number of amides is 1. The molecule has 0 radical (unpaired) electrons. The van der Waals surface area contributed by atoms with Gasteiger partial charge in [0.25, 0.3) is 5.91 Å². The molecule has 1 fully saturated rings. The van der Waals surface area contributed by atoms with Gasteiger partial charge in [0.15, 0.2) is 17.6 Å². The Morgan fingerprint density at radius 2 is 2.04 bits per heavy atom. The van der Waals surface area contributed by atoms with E-state index in [0.717, 1.165) is 23.8 Å². The molecule has 2 aromatic heterocycles. The number of para-hydroxylation sites is 1. The van der Waals surface area contributed by atoms with Gasteiger partial charge in [-0.15, -0.1) is 15.3 Å². The zero-order chi connectivity index (χ0) is 18.4. The largest absolute Gasteiger partial charge is 0.365 e. The van der Waals surface area contributed by atoms with E-state index in [1.165, 1.54) is 5.56 Å². The Kier molecular flexibility index (Phi) is 3.78. The highest BCUT2D eigenvalue weighted by atomic mass is 16.5. The predicted octanol–water partition coefficient (Wildman–Crippen LogP) is 1.23. The monoisotopic (exact) mass is 364 g/mol. The number of hydrogen-bond acceptors (Lipinski definition) is 6. The first-order valence-electron chi connectivity index (χ1n) is 9.15. The van der Waals surface area contributed by atoms with Gasteiger partial charge >= 0.3 is 0 Å². The van der Waals surface area contributed by atoms with Gasteiger partial charge in [-0.05, 0) is 37.1 Å². The van der Waals surface area contributed by atoms with E-state index in [0.29, 0.717) is 31.9 Å². The fraction of sp³-hybridized carbons (Fsp3) is 0.368. The summed E-state index contributed by atoms with van der Waals surface area (Å²) in [6, 6.07) is 11.9. The fourth-order valence-electron chi connectivity index (χ4n) is 3.80. The molecule has 2 aliphatic heterocycles. The molecule has 0 N–H and O–H groups in total. The minimum atomic E-state index is -0.496. The molecule has 2 aliphatic rings. The Morgan fingerprint density at radius 3 is 2.96 bits per heavy atom.